The zero-order valence-corrected chi connectivity index (χ0v) is 19.6. The number of thiocarbonyl (C=S) groups is 1. The average Bonchev–Trinajstić information content (AvgIpc) is 3.20. The molecule has 1 aliphatic heterocycles. The van der Waals surface area contributed by atoms with Gasteiger partial charge in [0.05, 0.1) is 5.69 Å². The lowest BCUT2D eigenvalue weighted by molar-refractivity contribution is -0.122. The molecule has 2 N–H and O–H groups in total. The fourth-order valence-corrected chi connectivity index (χ4v) is 4.34. The van der Waals surface area contributed by atoms with Crippen molar-refractivity contribution in [3.05, 3.63) is 102 Å². The number of amides is 3. The minimum atomic E-state index is -0.743. The lowest BCUT2D eigenvalue weighted by Gasteiger charge is -2.29. The van der Waals surface area contributed by atoms with E-state index in [9.17, 15) is 18.8 Å². The van der Waals surface area contributed by atoms with E-state index in [0.29, 0.717) is 11.3 Å². The van der Waals surface area contributed by atoms with Crippen molar-refractivity contribution in [3.63, 3.8) is 0 Å². The van der Waals surface area contributed by atoms with Crippen molar-refractivity contribution in [1.82, 2.24) is 9.88 Å². The Kier molecular flexibility index (Phi) is 6.14. The number of nitrogens with one attached hydrogen (secondary N) is 2. The number of anilines is 2. The number of halogens is 1. The van der Waals surface area contributed by atoms with Gasteiger partial charge < -0.3 is 9.88 Å². The van der Waals surface area contributed by atoms with Crippen LogP contribution < -0.4 is 15.5 Å². The predicted octanol–water partition coefficient (Wildman–Crippen LogP) is 4.25. The molecule has 0 saturated carbocycles. The van der Waals surface area contributed by atoms with E-state index in [4.69, 9.17) is 12.2 Å². The molecular weight excluding hydrogens is 479 g/mol. The van der Waals surface area contributed by atoms with Crippen LogP contribution in [-0.2, 0) is 20.9 Å². The van der Waals surface area contributed by atoms with Crippen molar-refractivity contribution in [3.8, 4) is 0 Å². The van der Waals surface area contributed by atoms with E-state index in [2.05, 4.69) is 10.6 Å². The fraction of sp³-hybridized carbons (Fsp3) is 0.0370. The normalized spacial score (nSPS) is 14.9. The Labute approximate surface area is 210 Å². The second-order valence-corrected chi connectivity index (χ2v) is 8.44. The van der Waals surface area contributed by atoms with Gasteiger partial charge in [-0.2, -0.15) is 0 Å². The smallest absolute Gasteiger partial charge is 0.270 e. The Morgan fingerprint density at radius 2 is 1.67 bits per heavy atom. The van der Waals surface area contributed by atoms with E-state index in [1.54, 1.807) is 29.0 Å². The molecule has 0 spiro atoms. The van der Waals surface area contributed by atoms with Crippen LogP contribution in [-0.4, -0.2) is 27.4 Å². The molecular formula is C27H19FN4O3S. The van der Waals surface area contributed by atoms with Crippen LogP contribution in [0.2, 0.25) is 0 Å². The first-order chi connectivity index (χ1) is 17.4. The van der Waals surface area contributed by atoms with E-state index in [-0.39, 0.29) is 28.8 Å². The number of para-hydroxylation sites is 3. The first kappa shape index (κ1) is 23.1. The minimum absolute atomic E-state index is 0.0180. The summed E-state index contributed by atoms with van der Waals surface area (Å²) in [6.07, 6.45) is 3.13. The third kappa shape index (κ3) is 4.39. The van der Waals surface area contributed by atoms with Crippen molar-refractivity contribution >= 4 is 63.4 Å². The van der Waals surface area contributed by atoms with Gasteiger partial charge in [0.1, 0.15) is 17.9 Å². The second-order valence-electron chi connectivity index (χ2n) is 8.05. The number of benzene rings is 3. The molecule has 3 amide bonds. The molecule has 0 bridgehead atoms. The monoisotopic (exact) mass is 498 g/mol. The lowest BCUT2D eigenvalue weighted by Crippen LogP contribution is -2.54. The molecule has 0 atom stereocenters. The van der Waals surface area contributed by atoms with Gasteiger partial charge >= 0.3 is 0 Å². The zero-order valence-electron chi connectivity index (χ0n) is 18.8. The molecule has 3 aromatic carbocycles. The summed E-state index contributed by atoms with van der Waals surface area (Å²) in [4.78, 5) is 39.7. The van der Waals surface area contributed by atoms with E-state index >= 15 is 0 Å². The highest BCUT2D eigenvalue weighted by Gasteiger charge is 2.35. The van der Waals surface area contributed by atoms with E-state index in [1.165, 1.54) is 24.3 Å². The topological polar surface area (TPSA) is 83.4 Å². The number of carbonyl (C=O) groups is 3. The molecule has 0 unspecified atom stereocenters. The van der Waals surface area contributed by atoms with E-state index < -0.39 is 17.6 Å². The maximum Gasteiger partial charge on any atom is 0.270 e. The number of hydrogen-bond acceptors (Lipinski definition) is 4. The molecule has 4 aromatic rings. The van der Waals surface area contributed by atoms with Gasteiger partial charge in [-0.05, 0) is 48.6 Å². The third-order valence-corrected chi connectivity index (χ3v) is 5.97. The summed E-state index contributed by atoms with van der Waals surface area (Å²) in [5.41, 5.74) is 1.72. The Morgan fingerprint density at radius 3 is 2.44 bits per heavy atom. The molecule has 1 aromatic heterocycles. The van der Waals surface area contributed by atoms with Crippen molar-refractivity contribution in [2.45, 2.75) is 6.54 Å². The standard InChI is InChI=1S/C27H19FN4O3S/c28-21-11-5-7-13-23(21)32-26(35)20(25(34)30-27(32)36)14-17-15-31(22-12-6-4-10-19(17)22)16-24(33)29-18-8-2-1-3-9-18/h1-15H,16H2,(H,29,33)(H,30,34,36)/b20-14-. The Balaban J connectivity index is 1.50. The molecule has 178 valence electrons. The van der Waals surface area contributed by atoms with Crippen molar-refractivity contribution in [1.29, 1.82) is 0 Å². The molecule has 9 heteroatoms. The highest BCUT2D eigenvalue weighted by molar-refractivity contribution is 7.80. The van der Waals surface area contributed by atoms with Gasteiger partial charge in [-0.25, -0.2) is 9.29 Å². The molecule has 1 fully saturated rings. The van der Waals surface area contributed by atoms with Gasteiger partial charge in [-0.3, -0.25) is 19.7 Å². The maximum absolute atomic E-state index is 14.4. The van der Waals surface area contributed by atoms with Crippen molar-refractivity contribution in [2.75, 3.05) is 10.2 Å². The number of fused-ring (bicyclic) bond motifs is 1. The molecule has 1 aliphatic rings. The molecule has 36 heavy (non-hydrogen) atoms. The zero-order chi connectivity index (χ0) is 25.2. The Bertz CT molecular complexity index is 1560. The van der Waals surface area contributed by atoms with E-state index in [1.807, 2.05) is 42.5 Å². The average molecular weight is 499 g/mol. The first-order valence-electron chi connectivity index (χ1n) is 11.0. The summed E-state index contributed by atoms with van der Waals surface area (Å²) >= 11 is 5.15. The van der Waals surface area contributed by atoms with Gasteiger partial charge in [-0.1, -0.05) is 48.5 Å². The lowest BCUT2D eigenvalue weighted by atomic mass is 10.1. The predicted molar refractivity (Wildman–Crippen MR) is 140 cm³/mol. The van der Waals surface area contributed by atoms with Gasteiger partial charge in [-0.15, -0.1) is 0 Å². The number of carbonyl (C=O) groups excluding carboxylic acids is 3. The third-order valence-electron chi connectivity index (χ3n) is 5.69. The summed E-state index contributed by atoms with van der Waals surface area (Å²) in [7, 11) is 0. The van der Waals surface area contributed by atoms with Crippen LogP contribution in [0.5, 0.6) is 0 Å². The largest absolute Gasteiger partial charge is 0.337 e. The van der Waals surface area contributed by atoms with Gasteiger partial charge in [0.2, 0.25) is 5.91 Å². The van der Waals surface area contributed by atoms with Crippen LogP contribution in [0.25, 0.3) is 17.0 Å². The van der Waals surface area contributed by atoms with Crippen molar-refractivity contribution in [2.24, 2.45) is 0 Å². The second kappa shape index (κ2) is 9.55. The highest BCUT2D eigenvalue weighted by atomic mass is 32.1. The number of nitrogens with zero attached hydrogens (tertiary/aromatic N) is 2. The van der Waals surface area contributed by atoms with E-state index in [0.717, 1.165) is 15.8 Å². The van der Waals surface area contributed by atoms with Crippen LogP contribution in [0.1, 0.15) is 5.56 Å². The quantitative estimate of drug-likeness (QED) is 0.245. The SMILES string of the molecule is O=C(Cn1cc(/C=C2/C(=O)NC(=S)N(c3ccccc3F)C2=O)c2ccccc21)Nc1ccccc1. The summed E-state index contributed by atoms with van der Waals surface area (Å²) in [5, 5.41) is 5.84. The van der Waals surface area contributed by atoms with Crippen LogP contribution in [0.3, 0.4) is 0 Å². The summed E-state index contributed by atoms with van der Waals surface area (Å²) in [5.74, 6) is -2.31. The summed E-state index contributed by atoms with van der Waals surface area (Å²) in [6.45, 7) is 0.0180. The van der Waals surface area contributed by atoms with Crippen molar-refractivity contribution < 1.29 is 18.8 Å². The molecule has 1 saturated heterocycles. The van der Waals surface area contributed by atoms with Crippen LogP contribution in [0.15, 0.2) is 90.6 Å². The minimum Gasteiger partial charge on any atom is -0.337 e. The number of hydrogen-bond donors (Lipinski definition) is 2. The van der Waals surface area contributed by atoms with Crippen LogP contribution in [0, 0.1) is 5.82 Å². The first-order valence-corrected chi connectivity index (χ1v) is 11.4. The number of rotatable bonds is 5. The summed E-state index contributed by atoms with van der Waals surface area (Å²) in [6, 6.07) is 22.1. The molecule has 5 rings (SSSR count). The Morgan fingerprint density at radius 1 is 0.972 bits per heavy atom. The number of aromatic nitrogens is 1. The molecule has 0 radical (unpaired) electrons. The maximum atomic E-state index is 14.4. The van der Waals surface area contributed by atoms with Crippen LogP contribution in [0.4, 0.5) is 15.8 Å². The molecule has 2 heterocycles. The summed E-state index contributed by atoms with van der Waals surface area (Å²) < 4.78 is 16.2. The van der Waals surface area contributed by atoms with Gasteiger partial charge in [0.15, 0.2) is 5.11 Å². The van der Waals surface area contributed by atoms with Gasteiger partial charge in [0.25, 0.3) is 11.8 Å². The Hall–Kier alpha value is -4.63. The van der Waals surface area contributed by atoms with Gasteiger partial charge in [0, 0.05) is 28.4 Å². The fourth-order valence-electron chi connectivity index (χ4n) is 4.06. The van der Waals surface area contributed by atoms with Crippen LogP contribution >= 0.6 is 12.2 Å². The molecule has 7 nitrogen and oxygen atoms in total. The highest BCUT2D eigenvalue weighted by Crippen LogP contribution is 2.28. The molecule has 0 aliphatic carbocycles.